The van der Waals surface area contributed by atoms with Crippen LogP contribution in [0.2, 0.25) is 0 Å². The number of aryl methyl sites for hydroxylation is 8. The van der Waals surface area contributed by atoms with Crippen LogP contribution in [0.5, 0.6) is 0 Å². The van der Waals surface area contributed by atoms with E-state index in [2.05, 4.69) is 79.7 Å². The van der Waals surface area contributed by atoms with E-state index in [1.54, 1.807) is 74.2 Å². The maximum absolute atomic E-state index is 13.0. The van der Waals surface area contributed by atoms with E-state index in [9.17, 15) is 22.0 Å². The van der Waals surface area contributed by atoms with E-state index >= 15 is 0 Å². The van der Waals surface area contributed by atoms with Crippen LogP contribution in [0.3, 0.4) is 0 Å². The molecule has 0 spiro atoms. The van der Waals surface area contributed by atoms with Crippen LogP contribution in [0.25, 0.3) is 9.69 Å². The second-order valence-corrected chi connectivity index (χ2v) is 16.0. The number of halogens is 5. The summed E-state index contributed by atoms with van der Waals surface area (Å²) in [6, 6.07) is 24.2. The van der Waals surface area contributed by atoms with Crippen LogP contribution in [-0.4, -0.2) is 70.0 Å². The fraction of sp³-hybridized carbons (Fsp3) is 0.167. The predicted octanol–water partition coefficient (Wildman–Crippen LogP) is 13.0. The monoisotopic (exact) mass is 1120 g/mol. The molecule has 0 unspecified atom stereocenters. The van der Waals surface area contributed by atoms with Crippen LogP contribution in [0.15, 0.2) is 166 Å². The molecule has 0 atom stereocenters. The van der Waals surface area contributed by atoms with Crippen LogP contribution in [0.1, 0.15) is 67.8 Å². The number of benzene rings is 2. The molecule has 8 heterocycles. The molecule has 0 radical (unpaired) electrons. The lowest BCUT2D eigenvalue weighted by Gasteiger charge is -2.04. The molecule has 422 valence electrons. The van der Waals surface area contributed by atoms with Crippen molar-refractivity contribution in [2.24, 2.45) is 0 Å². The zero-order chi connectivity index (χ0) is 61.8. The molecule has 0 aliphatic rings. The number of hydrogen-bond donors (Lipinski definition) is 0. The standard InChI is InChI=1S/C9H3F3N2.C9H4F2N2.3C6H7N.4C5H6N2.C4H5N3/c1-4-7(10)5(2-13)9(12)6(3-14)8(4)11;1-5-8(12-2)6(10)4-7(11)9(5)13-3;1-6-2-4-7-5-3-6;1-6-3-2-4-7-5-6;1-6-4-2-3-5-7-6;1-5-4-6-2-3-7-5;1-5-2-3-6-4-7-5;1-5-6-3-2-4-7-5;1-5-3-2-4-6-7-5;1-4-6-2-5-3-7-4/h1H3;4H,1H3;3*2-5H,1H3;4*2-4H,1H3;2-3H,1H3. The molecule has 83 heavy (non-hydrogen) atoms. The van der Waals surface area contributed by atoms with Crippen molar-refractivity contribution in [3.63, 3.8) is 0 Å². The lowest BCUT2D eigenvalue weighted by Crippen LogP contribution is -2.03. The van der Waals surface area contributed by atoms with Gasteiger partial charge in [0.25, 0.3) is 0 Å². The van der Waals surface area contributed by atoms with Gasteiger partial charge in [-0.15, -0.1) is 0 Å². The molecule has 10 rings (SSSR count). The average molecular weight is 1130 g/mol. The summed E-state index contributed by atoms with van der Waals surface area (Å²) in [4.78, 5) is 51.7. The van der Waals surface area contributed by atoms with Crippen LogP contribution in [0.4, 0.5) is 33.3 Å². The Morgan fingerprint density at radius 3 is 1.20 bits per heavy atom. The van der Waals surface area contributed by atoms with Crippen molar-refractivity contribution in [3.8, 4) is 12.1 Å². The van der Waals surface area contributed by atoms with Gasteiger partial charge >= 0.3 is 0 Å². The third-order valence-corrected chi connectivity index (χ3v) is 9.31. The fourth-order valence-electron chi connectivity index (χ4n) is 5.08. The van der Waals surface area contributed by atoms with Crippen LogP contribution >= 0.6 is 0 Å². The Labute approximate surface area is 479 Å². The first-order chi connectivity index (χ1) is 39.8. The third-order valence-electron chi connectivity index (χ3n) is 9.31. The van der Waals surface area contributed by atoms with E-state index in [1.807, 2.05) is 122 Å². The molecule has 2 aromatic carbocycles. The Balaban J connectivity index is 0.000000467. The highest BCUT2D eigenvalue weighted by atomic mass is 19.2. The molecule has 18 nitrogen and oxygen atoms in total. The molecule has 0 aliphatic heterocycles. The van der Waals surface area contributed by atoms with Crippen molar-refractivity contribution in [1.29, 1.82) is 10.5 Å². The average Bonchev–Trinajstić information content (AvgIpc) is 3.49. The summed E-state index contributed by atoms with van der Waals surface area (Å²) >= 11 is 0. The minimum atomic E-state index is -1.45. The number of pyridine rings is 3. The molecular formula is C60H57F5N18. The van der Waals surface area contributed by atoms with Gasteiger partial charge in [-0.3, -0.25) is 24.9 Å². The summed E-state index contributed by atoms with van der Waals surface area (Å²) < 4.78 is 64.8. The van der Waals surface area contributed by atoms with Crippen LogP contribution < -0.4 is 0 Å². The number of aromatic nitrogens is 14. The van der Waals surface area contributed by atoms with Crippen molar-refractivity contribution >= 4 is 11.4 Å². The van der Waals surface area contributed by atoms with Crippen molar-refractivity contribution in [2.45, 2.75) is 69.2 Å². The van der Waals surface area contributed by atoms with E-state index in [1.165, 1.54) is 49.2 Å². The molecule has 0 bridgehead atoms. The highest BCUT2D eigenvalue weighted by Gasteiger charge is 2.22. The largest absolute Gasteiger partial charge is 0.265 e. The quantitative estimate of drug-likeness (QED) is 0.101. The highest BCUT2D eigenvalue weighted by Crippen LogP contribution is 2.33. The lowest BCUT2D eigenvalue weighted by atomic mass is 10.0. The van der Waals surface area contributed by atoms with Crippen molar-refractivity contribution in [3.05, 3.63) is 286 Å². The molecule has 8 aromatic heterocycles. The maximum atomic E-state index is 13.0. The first kappa shape index (κ1) is 69.8. The summed E-state index contributed by atoms with van der Waals surface area (Å²) in [5.41, 5.74) is 3.57. The molecule has 0 fully saturated rings. The summed E-state index contributed by atoms with van der Waals surface area (Å²) in [5.74, 6) is -4.23. The van der Waals surface area contributed by atoms with Gasteiger partial charge in [-0.25, -0.2) is 66.5 Å². The Morgan fingerprint density at radius 2 is 0.916 bits per heavy atom. The Hall–Kier alpha value is -11.2. The SMILES string of the molecule is Cc1c(F)c(C#N)c(F)c(C#N)c1F.Cc1ccccn1.Cc1cccnc1.Cc1cccnn1.Cc1ccncc1.Cc1ccncn1.Cc1cnccn1.Cc1ncccn1.Cc1ncncn1.[C-]#[N+]c1c(F)cc(F)c([N+]#[C-])c1C. The Bertz CT molecular complexity index is 3010. The molecule has 0 amide bonds. The van der Waals surface area contributed by atoms with Gasteiger partial charge in [0.15, 0.2) is 5.82 Å². The Morgan fingerprint density at radius 1 is 0.398 bits per heavy atom. The highest BCUT2D eigenvalue weighted by molar-refractivity contribution is 5.67. The molecule has 0 aliphatic carbocycles. The number of hydrogen-bond acceptors (Lipinski definition) is 16. The molecule has 10 aromatic rings. The smallest absolute Gasteiger partial charge is 0.215 e. The first-order valence-electron chi connectivity index (χ1n) is 24.1. The van der Waals surface area contributed by atoms with Crippen molar-refractivity contribution in [1.82, 2.24) is 70.0 Å². The molecule has 0 saturated heterocycles. The number of nitriles is 2. The van der Waals surface area contributed by atoms with Crippen molar-refractivity contribution < 1.29 is 22.0 Å². The fourth-order valence-corrected chi connectivity index (χ4v) is 5.08. The number of nitrogens with zero attached hydrogens (tertiary/aromatic N) is 18. The first-order valence-corrected chi connectivity index (χ1v) is 24.1. The van der Waals surface area contributed by atoms with E-state index < -0.39 is 45.8 Å². The molecular weight excluding hydrogens is 1070 g/mol. The van der Waals surface area contributed by atoms with Gasteiger partial charge in [0.1, 0.15) is 77.2 Å². The summed E-state index contributed by atoms with van der Waals surface area (Å²) in [6.07, 6.45) is 25.3. The number of rotatable bonds is 0. The van der Waals surface area contributed by atoms with Crippen LogP contribution in [-0.2, 0) is 0 Å². The minimum Gasteiger partial charge on any atom is -0.265 e. The van der Waals surface area contributed by atoms with Gasteiger partial charge in [-0.2, -0.15) is 20.7 Å². The Kier molecular flexibility index (Phi) is 35.2. The molecule has 0 saturated carbocycles. The zero-order valence-corrected chi connectivity index (χ0v) is 47.0. The maximum Gasteiger partial charge on any atom is 0.215 e. The molecule has 0 N–H and O–H groups in total. The topological polar surface area (TPSA) is 237 Å². The van der Waals surface area contributed by atoms with E-state index in [-0.39, 0.29) is 16.9 Å². The van der Waals surface area contributed by atoms with Gasteiger partial charge in [0.2, 0.25) is 11.4 Å². The third kappa shape index (κ3) is 30.5. The second-order valence-electron chi connectivity index (χ2n) is 16.0. The lowest BCUT2D eigenvalue weighted by molar-refractivity contribution is 0.524. The van der Waals surface area contributed by atoms with E-state index in [4.69, 9.17) is 23.7 Å². The van der Waals surface area contributed by atoms with Gasteiger partial charge in [0, 0.05) is 91.3 Å². The van der Waals surface area contributed by atoms with Gasteiger partial charge < -0.3 is 0 Å². The van der Waals surface area contributed by atoms with Gasteiger partial charge in [0.05, 0.1) is 24.5 Å². The van der Waals surface area contributed by atoms with E-state index in [0.717, 1.165) is 41.3 Å². The second kappa shape index (κ2) is 41.9. The van der Waals surface area contributed by atoms with Gasteiger partial charge in [-0.1, -0.05) is 19.1 Å². The zero-order valence-electron chi connectivity index (χ0n) is 47.0. The summed E-state index contributed by atoms with van der Waals surface area (Å²) in [7, 11) is 0. The molecule has 23 heteroatoms. The minimum absolute atomic E-state index is 0.0579. The predicted molar refractivity (Wildman–Crippen MR) is 303 cm³/mol. The van der Waals surface area contributed by atoms with E-state index in [0.29, 0.717) is 6.07 Å². The van der Waals surface area contributed by atoms with Gasteiger partial charge in [-0.05, 0) is 140 Å². The van der Waals surface area contributed by atoms with Crippen LogP contribution in [0, 0.1) is 134 Å². The van der Waals surface area contributed by atoms with Crippen molar-refractivity contribution in [2.75, 3.05) is 0 Å². The summed E-state index contributed by atoms with van der Waals surface area (Å²) in [6.45, 7) is 31.1. The summed E-state index contributed by atoms with van der Waals surface area (Å²) in [5, 5.41) is 24.1. The normalized spacial score (nSPS) is 8.86.